The Kier molecular flexibility index (Phi) is 4.58. The van der Waals surface area contributed by atoms with Crippen LogP contribution in [0.2, 0.25) is 0 Å². The summed E-state index contributed by atoms with van der Waals surface area (Å²) < 4.78 is 5.08. The summed E-state index contributed by atoms with van der Waals surface area (Å²) in [5, 5.41) is 22.2. The third-order valence-corrected chi connectivity index (χ3v) is 3.47. The molecule has 1 aromatic rings. The fraction of sp³-hybridized carbons (Fsp3) is 0.571. The highest BCUT2D eigenvalue weighted by atomic mass is 16.5. The average Bonchev–Trinajstić information content (AvgIpc) is 2.38. The number of aliphatic hydroxyl groups excluding tert-OH is 1. The summed E-state index contributed by atoms with van der Waals surface area (Å²) in [6.07, 6.45) is 3.16. The number of rotatable bonds is 5. The van der Waals surface area contributed by atoms with Crippen molar-refractivity contribution in [3.63, 3.8) is 0 Å². The van der Waals surface area contributed by atoms with Gasteiger partial charge in [-0.1, -0.05) is 6.07 Å². The molecule has 0 saturated heterocycles. The van der Waals surface area contributed by atoms with Crippen molar-refractivity contribution in [2.45, 2.75) is 31.3 Å². The molecule has 2 atom stereocenters. The smallest absolute Gasteiger partial charge is 0.115 e. The number of nitrogens with one attached hydrogen (secondary N) is 1. The topological polar surface area (TPSA) is 61.7 Å². The van der Waals surface area contributed by atoms with Crippen LogP contribution in [0.4, 0.5) is 0 Å². The predicted octanol–water partition coefficient (Wildman–Crippen LogP) is 1.37. The fourth-order valence-corrected chi connectivity index (χ4v) is 2.61. The summed E-state index contributed by atoms with van der Waals surface area (Å²) in [6.45, 7) is 0.568. The van der Waals surface area contributed by atoms with Gasteiger partial charge in [-0.25, -0.2) is 0 Å². The molecule has 0 radical (unpaired) electrons. The predicted molar refractivity (Wildman–Crippen MR) is 69.7 cm³/mol. The second-order valence-electron chi connectivity index (χ2n) is 4.83. The first-order chi connectivity index (χ1) is 8.74. The number of phenolic OH excluding ortho intramolecular Hbond substituents is 1. The number of hydrogen-bond acceptors (Lipinski definition) is 4. The van der Waals surface area contributed by atoms with E-state index in [0.717, 1.165) is 19.3 Å². The van der Waals surface area contributed by atoms with Gasteiger partial charge in [0.1, 0.15) is 5.75 Å². The number of benzene rings is 1. The first-order valence-corrected chi connectivity index (χ1v) is 6.42. The molecule has 0 fully saturated rings. The molecule has 100 valence electrons. The van der Waals surface area contributed by atoms with Gasteiger partial charge < -0.3 is 20.3 Å². The molecule has 0 amide bonds. The van der Waals surface area contributed by atoms with E-state index < -0.39 is 0 Å². The molecule has 18 heavy (non-hydrogen) atoms. The van der Waals surface area contributed by atoms with Crippen LogP contribution in [0, 0.1) is 0 Å². The Morgan fingerprint density at radius 3 is 3.06 bits per heavy atom. The van der Waals surface area contributed by atoms with Crippen molar-refractivity contribution in [3.05, 3.63) is 29.3 Å². The van der Waals surface area contributed by atoms with Crippen LogP contribution in [0.3, 0.4) is 0 Å². The Bertz CT molecular complexity index is 395. The molecular formula is C14H21NO3. The molecule has 0 aliphatic heterocycles. The van der Waals surface area contributed by atoms with E-state index in [9.17, 15) is 10.2 Å². The molecule has 0 spiro atoms. The second kappa shape index (κ2) is 6.18. The molecule has 0 heterocycles. The minimum atomic E-state index is -0.0419. The van der Waals surface area contributed by atoms with Crippen LogP contribution in [0.1, 0.15) is 30.0 Å². The molecule has 0 bridgehead atoms. The van der Waals surface area contributed by atoms with E-state index in [1.807, 2.05) is 12.1 Å². The van der Waals surface area contributed by atoms with Gasteiger partial charge in [0, 0.05) is 13.2 Å². The molecule has 1 aromatic carbocycles. The van der Waals surface area contributed by atoms with Gasteiger partial charge in [-0.05, 0) is 42.5 Å². The molecule has 2 unspecified atom stereocenters. The Balaban J connectivity index is 2.12. The van der Waals surface area contributed by atoms with Crippen LogP contribution in [-0.4, -0.2) is 36.6 Å². The standard InChI is InChI=1S/C14H21NO3/c1-18-9-11(8-16)15-14-4-2-3-10-7-12(17)5-6-13(10)14/h5-7,11,14-17H,2-4,8-9H2,1H3. The minimum absolute atomic E-state index is 0.0419. The van der Waals surface area contributed by atoms with Gasteiger partial charge in [0.05, 0.1) is 19.3 Å². The SMILES string of the molecule is COCC(CO)NC1CCCc2cc(O)ccc21. The van der Waals surface area contributed by atoms with Gasteiger partial charge in [-0.15, -0.1) is 0 Å². The lowest BCUT2D eigenvalue weighted by Crippen LogP contribution is -2.40. The number of methoxy groups -OCH3 is 1. The van der Waals surface area contributed by atoms with Crippen LogP contribution < -0.4 is 5.32 Å². The van der Waals surface area contributed by atoms with E-state index in [0.29, 0.717) is 12.4 Å². The highest BCUT2D eigenvalue weighted by Gasteiger charge is 2.22. The Hall–Kier alpha value is -1.10. The number of aromatic hydroxyl groups is 1. The summed E-state index contributed by atoms with van der Waals surface area (Å²) in [5.74, 6) is 0.324. The van der Waals surface area contributed by atoms with Gasteiger partial charge in [-0.3, -0.25) is 0 Å². The van der Waals surface area contributed by atoms with Gasteiger partial charge in [0.2, 0.25) is 0 Å². The zero-order valence-corrected chi connectivity index (χ0v) is 10.7. The van der Waals surface area contributed by atoms with Gasteiger partial charge in [0.15, 0.2) is 0 Å². The number of aliphatic hydroxyl groups is 1. The summed E-state index contributed by atoms with van der Waals surface area (Å²) in [7, 11) is 1.64. The summed E-state index contributed by atoms with van der Waals surface area (Å²) in [4.78, 5) is 0. The van der Waals surface area contributed by atoms with Crippen molar-refractivity contribution >= 4 is 0 Å². The maximum Gasteiger partial charge on any atom is 0.115 e. The summed E-state index contributed by atoms with van der Waals surface area (Å²) in [5.41, 5.74) is 2.43. The van der Waals surface area contributed by atoms with E-state index >= 15 is 0 Å². The van der Waals surface area contributed by atoms with E-state index in [-0.39, 0.29) is 18.7 Å². The van der Waals surface area contributed by atoms with Crippen LogP contribution in [0.5, 0.6) is 5.75 Å². The maximum atomic E-state index is 9.51. The third kappa shape index (κ3) is 3.02. The lowest BCUT2D eigenvalue weighted by atomic mass is 9.87. The lowest BCUT2D eigenvalue weighted by molar-refractivity contribution is 0.120. The summed E-state index contributed by atoms with van der Waals surface area (Å²) in [6, 6.07) is 5.74. The molecule has 1 aliphatic rings. The van der Waals surface area contributed by atoms with E-state index in [4.69, 9.17) is 4.74 Å². The molecule has 3 N–H and O–H groups in total. The first kappa shape index (κ1) is 13.3. The number of hydrogen-bond donors (Lipinski definition) is 3. The van der Waals surface area contributed by atoms with Crippen molar-refractivity contribution in [2.75, 3.05) is 20.3 Å². The van der Waals surface area contributed by atoms with Gasteiger partial charge in [-0.2, -0.15) is 0 Å². The maximum absolute atomic E-state index is 9.51. The molecule has 2 rings (SSSR count). The third-order valence-electron chi connectivity index (χ3n) is 3.47. The largest absolute Gasteiger partial charge is 0.508 e. The normalized spacial score (nSPS) is 20.4. The Morgan fingerprint density at radius 1 is 1.50 bits per heavy atom. The van der Waals surface area contributed by atoms with Crippen LogP contribution in [0.15, 0.2) is 18.2 Å². The van der Waals surface area contributed by atoms with Crippen molar-refractivity contribution in [2.24, 2.45) is 0 Å². The van der Waals surface area contributed by atoms with E-state index in [1.54, 1.807) is 13.2 Å². The van der Waals surface area contributed by atoms with Gasteiger partial charge >= 0.3 is 0 Å². The molecule has 1 aliphatic carbocycles. The number of phenols is 1. The van der Waals surface area contributed by atoms with Crippen LogP contribution >= 0.6 is 0 Å². The Labute approximate surface area is 108 Å². The van der Waals surface area contributed by atoms with Gasteiger partial charge in [0.25, 0.3) is 0 Å². The van der Waals surface area contributed by atoms with E-state index in [2.05, 4.69) is 5.32 Å². The highest BCUT2D eigenvalue weighted by molar-refractivity contribution is 5.38. The Morgan fingerprint density at radius 2 is 2.33 bits per heavy atom. The summed E-state index contributed by atoms with van der Waals surface area (Å²) >= 11 is 0. The molecule has 0 saturated carbocycles. The lowest BCUT2D eigenvalue weighted by Gasteiger charge is -2.29. The van der Waals surface area contributed by atoms with Crippen molar-refractivity contribution in [1.82, 2.24) is 5.32 Å². The van der Waals surface area contributed by atoms with Crippen LogP contribution in [-0.2, 0) is 11.2 Å². The molecular weight excluding hydrogens is 230 g/mol. The average molecular weight is 251 g/mol. The molecule has 0 aromatic heterocycles. The van der Waals surface area contributed by atoms with E-state index in [1.165, 1.54) is 11.1 Å². The zero-order valence-electron chi connectivity index (χ0n) is 10.7. The molecule has 4 heteroatoms. The quantitative estimate of drug-likeness (QED) is 0.739. The number of ether oxygens (including phenoxy) is 1. The first-order valence-electron chi connectivity index (χ1n) is 6.42. The minimum Gasteiger partial charge on any atom is -0.508 e. The van der Waals surface area contributed by atoms with Crippen molar-refractivity contribution in [3.8, 4) is 5.75 Å². The number of fused-ring (bicyclic) bond motifs is 1. The fourth-order valence-electron chi connectivity index (χ4n) is 2.61. The van der Waals surface area contributed by atoms with Crippen LogP contribution in [0.25, 0.3) is 0 Å². The van der Waals surface area contributed by atoms with Crippen molar-refractivity contribution < 1.29 is 14.9 Å². The molecule has 4 nitrogen and oxygen atoms in total. The monoisotopic (exact) mass is 251 g/mol. The highest BCUT2D eigenvalue weighted by Crippen LogP contribution is 2.32. The zero-order chi connectivity index (χ0) is 13.0. The number of aryl methyl sites for hydroxylation is 1. The second-order valence-corrected chi connectivity index (χ2v) is 4.83. The van der Waals surface area contributed by atoms with Crippen molar-refractivity contribution in [1.29, 1.82) is 0 Å².